The molecule has 0 unspecified atom stereocenters. The van der Waals surface area contributed by atoms with Crippen molar-refractivity contribution in [1.29, 1.82) is 0 Å². The lowest BCUT2D eigenvalue weighted by molar-refractivity contribution is -0.870. The van der Waals surface area contributed by atoms with Gasteiger partial charge in [-0.05, 0) is 0 Å². The largest absolute Gasteiger partial charge is 0.570 e. The predicted molar refractivity (Wildman–Crippen MR) is 66.3 cm³/mol. The van der Waals surface area contributed by atoms with E-state index in [-0.39, 0.29) is 19.8 Å². The maximum atomic E-state index is 10.2. The summed E-state index contributed by atoms with van der Waals surface area (Å²) in [5.74, 6) is 0. The predicted octanol–water partition coefficient (Wildman–Crippen LogP) is -0.127. The van der Waals surface area contributed by atoms with Gasteiger partial charge in [-0.3, -0.25) is 0 Å². The van der Waals surface area contributed by atoms with Gasteiger partial charge in [-0.2, -0.15) is 14.3 Å². The lowest BCUT2D eigenvalue weighted by Gasteiger charge is -2.23. The molecule has 9 heteroatoms. The summed E-state index contributed by atoms with van der Waals surface area (Å²) in [5, 5.41) is 0. The van der Waals surface area contributed by atoms with Gasteiger partial charge in [0.15, 0.2) is 0 Å². The van der Waals surface area contributed by atoms with Crippen molar-refractivity contribution < 1.29 is 32.8 Å². The Kier molecular flexibility index (Phi) is 7.61. The second kappa shape index (κ2) is 7.83. The average molecular weight is 286 g/mol. The van der Waals surface area contributed by atoms with Gasteiger partial charge >= 0.3 is 14.3 Å². The molecule has 4 N–H and O–H groups in total. The molecule has 0 aliphatic heterocycles. The summed E-state index contributed by atoms with van der Waals surface area (Å²) in [6.07, 6.45) is -0.562. The summed E-state index contributed by atoms with van der Waals surface area (Å²) >= 11 is 0. The number of quaternary nitrogens is 1. The third kappa shape index (κ3) is 12.0. The molecule has 0 rings (SSSR count). The van der Waals surface area contributed by atoms with E-state index in [1.165, 1.54) is 0 Å². The highest BCUT2D eigenvalue weighted by molar-refractivity contribution is 7.54. The zero-order chi connectivity index (χ0) is 14.2. The standard InChI is InChI=1S/C9H22N2O6P/c1-11(2,3)5-8-17-18(13,14)16-7-4-6-15-9(10)12/h13-14H,4-8H2,1-3H3,(H-,10,12)/q+1/p+1. The Morgan fingerprint density at radius 3 is 2.22 bits per heavy atom. The van der Waals surface area contributed by atoms with Crippen LogP contribution in [-0.4, -0.2) is 67.9 Å². The highest BCUT2D eigenvalue weighted by Crippen LogP contribution is 2.52. The van der Waals surface area contributed by atoms with E-state index in [2.05, 4.69) is 4.74 Å². The molecule has 18 heavy (non-hydrogen) atoms. The van der Waals surface area contributed by atoms with Crippen LogP contribution in [0.15, 0.2) is 0 Å². The van der Waals surface area contributed by atoms with E-state index in [0.29, 0.717) is 17.4 Å². The van der Waals surface area contributed by atoms with Crippen LogP contribution in [0, 0.1) is 0 Å². The van der Waals surface area contributed by atoms with Gasteiger partial charge in [-0.25, -0.2) is 4.79 Å². The van der Waals surface area contributed by atoms with Crippen molar-refractivity contribution in [3.05, 3.63) is 0 Å². The third-order valence-electron chi connectivity index (χ3n) is 1.81. The molecule has 0 atom stereocenters. The van der Waals surface area contributed by atoms with E-state index in [1.807, 2.05) is 21.1 Å². The summed E-state index contributed by atoms with van der Waals surface area (Å²) in [6.45, 7) is 0.881. The molecular formula is C9H23N2O6P+2. The van der Waals surface area contributed by atoms with E-state index < -0.39 is 14.3 Å². The SMILES string of the molecule is C[N+](C)(C)CCO[P+](O)(O)OCCCOC(N)=O. The van der Waals surface area contributed by atoms with Crippen LogP contribution in [0.1, 0.15) is 6.42 Å². The molecule has 0 bridgehead atoms. The Bertz CT molecular complexity index is 256. The number of carbonyl (C=O) groups is 1. The molecule has 0 aromatic carbocycles. The molecule has 0 fully saturated rings. The first kappa shape index (κ1) is 17.5. The van der Waals surface area contributed by atoms with Gasteiger partial charge < -0.3 is 15.0 Å². The smallest absolute Gasteiger partial charge is 0.450 e. The Morgan fingerprint density at radius 2 is 1.72 bits per heavy atom. The van der Waals surface area contributed by atoms with Crippen molar-refractivity contribution in [3.63, 3.8) is 0 Å². The molecule has 0 aliphatic rings. The fourth-order valence-electron chi connectivity index (χ4n) is 0.886. The zero-order valence-electron chi connectivity index (χ0n) is 11.0. The second-order valence-electron chi connectivity index (χ2n) is 4.69. The molecular weight excluding hydrogens is 263 g/mol. The molecule has 0 saturated carbocycles. The number of hydrogen-bond donors (Lipinski definition) is 3. The first-order valence-electron chi connectivity index (χ1n) is 5.49. The first-order valence-corrected chi connectivity index (χ1v) is 7.02. The molecule has 0 aliphatic carbocycles. The zero-order valence-corrected chi connectivity index (χ0v) is 11.9. The molecule has 0 radical (unpaired) electrons. The number of hydrogen-bond acceptors (Lipinski definition) is 6. The van der Waals surface area contributed by atoms with Crippen molar-refractivity contribution in [2.45, 2.75) is 6.42 Å². The third-order valence-corrected chi connectivity index (χ3v) is 2.85. The summed E-state index contributed by atoms with van der Waals surface area (Å²) < 4.78 is 14.8. The van der Waals surface area contributed by atoms with Gasteiger partial charge in [-0.15, -0.1) is 4.52 Å². The fourth-order valence-corrected chi connectivity index (χ4v) is 1.65. The van der Waals surface area contributed by atoms with Crippen LogP contribution in [0.3, 0.4) is 0 Å². The minimum absolute atomic E-state index is 0.0123. The van der Waals surface area contributed by atoms with E-state index in [4.69, 9.17) is 14.8 Å². The molecule has 0 heterocycles. The van der Waals surface area contributed by atoms with E-state index >= 15 is 0 Å². The molecule has 0 aromatic heterocycles. The molecule has 8 nitrogen and oxygen atoms in total. The molecule has 0 aromatic rings. The van der Waals surface area contributed by atoms with Gasteiger partial charge in [-0.1, -0.05) is 0 Å². The summed E-state index contributed by atoms with van der Waals surface area (Å²) in [7, 11) is 2.10. The normalized spacial score (nSPS) is 12.5. The van der Waals surface area contributed by atoms with Gasteiger partial charge in [0.1, 0.15) is 19.8 Å². The minimum atomic E-state index is -3.77. The average Bonchev–Trinajstić information content (AvgIpc) is 2.13. The Morgan fingerprint density at radius 1 is 1.17 bits per heavy atom. The van der Waals surface area contributed by atoms with Gasteiger partial charge in [0.05, 0.1) is 27.7 Å². The number of amides is 1. The van der Waals surface area contributed by atoms with Gasteiger partial charge in [0.25, 0.3) is 0 Å². The van der Waals surface area contributed by atoms with Crippen molar-refractivity contribution in [2.75, 3.05) is 47.5 Å². The second-order valence-corrected chi connectivity index (χ2v) is 6.19. The number of rotatable bonds is 9. The molecule has 0 saturated heterocycles. The molecule has 0 spiro atoms. The quantitative estimate of drug-likeness (QED) is 0.309. The summed E-state index contributed by atoms with van der Waals surface area (Å²) in [5.41, 5.74) is 4.75. The number of nitrogens with zero attached hydrogens (tertiary/aromatic N) is 1. The minimum Gasteiger partial charge on any atom is -0.450 e. The first-order chi connectivity index (χ1) is 8.12. The molecule has 108 valence electrons. The van der Waals surface area contributed by atoms with Crippen LogP contribution in [0.25, 0.3) is 0 Å². The summed E-state index contributed by atoms with van der Waals surface area (Å²) in [4.78, 5) is 29.0. The summed E-state index contributed by atoms with van der Waals surface area (Å²) in [6, 6.07) is 0. The van der Waals surface area contributed by atoms with E-state index in [0.717, 1.165) is 0 Å². The van der Waals surface area contributed by atoms with Crippen molar-refractivity contribution >= 4 is 14.3 Å². The topological polar surface area (TPSA) is 111 Å². The lowest BCUT2D eigenvalue weighted by atomic mass is 10.5. The monoisotopic (exact) mass is 286 g/mol. The number of carbonyl (C=O) groups excluding carboxylic acids is 1. The van der Waals surface area contributed by atoms with E-state index in [1.54, 1.807) is 0 Å². The van der Waals surface area contributed by atoms with Crippen LogP contribution in [0.2, 0.25) is 0 Å². The highest BCUT2D eigenvalue weighted by atomic mass is 31.2. The fraction of sp³-hybridized carbons (Fsp3) is 0.889. The van der Waals surface area contributed by atoms with Crippen LogP contribution < -0.4 is 5.73 Å². The maximum absolute atomic E-state index is 10.2. The van der Waals surface area contributed by atoms with Crippen molar-refractivity contribution in [3.8, 4) is 0 Å². The lowest BCUT2D eigenvalue weighted by Crippen LogP contribution is -2.37. The number of ether oxygens (including phenoxy) is 1. The van der Waals surface area contributed by atoms with E-state index in [9.17, 15) is 14.6 Å². The van der Waals surface area contributed by atoms with Gasteiger partial charge in [0, 0.05) is 6.42 Å². The van der Waals surface area contributed by atoms with Crippen molar-refractivity contribution in [2.24, 2.45) is 5.73 Å². The number of nitrogens with two attached hydrogens (primary N) is 1. The van der Waals surface area contributed by atoms with Crippen molar-refractivity contribution in [1.82, 2.24) is 0 Å². The Hall–Kier alpha value is -0.500. The van der Waals surface area contributed by atoms with Crippen LogP contribution in [0.5, 0.6) is 0 Å². The number of likely N-dealkylation sites (N-methyl/N-ethyl adjacent to an activating group) is 1. The highest BCUT2D eigenvalue weighted by Gasteiger charge is 2.39. The van der Waals surface area contributed by atoms with Gasteiger partial charge in [0.2, 0.25) is 0 Å². The molecule has 1 amide bonds. The maximum Gasteiger partial charge on any atom is 0.570 e. The Labute approximate surface area is 107 Å². The van der Waals surface area contributed by atoms with Crippen LogP contribution in [-0.2, 0) is 13.8 Å². The Balaban J connectivity index is 3.64. The van der Waals surface area contributed by atoms with Crippen LogP contribution in [0.4, 0.5) is 4.79 Å². The number of primary amides is 1. The van der Waals surface area contributed by atoms with Crippen LogP contribution >= 0.6 is 8.17 Å².